The van der Waals surface area contributed by atoms with E-state index in [4.69, 9.17) is 35.3 Å². The zero-order valence-corrected chi connectivity index (χ0v) is 35.6. The minimum Gasteiger partial charge on any atom is -0.497 e. The van der Waals surface area contributed by atoms with Crippen LogP contribution in [0.3, 0.4) is 0 Å². The average molecular weight is 918 g/mol. The zero-order chi connectivity index (χ0) is 46.3. The number of ether oxygens (including phenoxy) is 5. The normalized spacial score (nSPS) is 11.6. The number of fused-ring (bicyclic) bond motifs is 3. The van der Waals surface area contributed by atoms with Gasteiger partial charge < -0.3 is 23.7 Å². The van der Waals surface area contributed by atoms with Crippen molar-refractivity contribution in [3.05, 3.63) is 185 Å². The Morgan fingerprint density at radius 1 is 0.667 bits per heavy atom. The molecule has 9 rings (SSSR count). The maximum Gasteiger partial charge on any atom is 0.270 e. The van der Waals surface area contributed by atoms with Gasteiger partial charge in [0.05, 0.1) is 68.4 Å². The summed E-state index contributed by atoms with van der Waals surface area (Å²) in [5.41, 5.74) is 4.42. The summed E-state index contributed by atoms with van der Waals surface area (Å²) in [5.74, 6) is 2.21. The van der Waals surface area contributed by atoms with Crippen molar-refractivity contribution in [2.75, 3.05) is 20.5 Å². The summed E-state index contributed by atoms with van der Waals surface area (Å²) in [6.45, 7) is 1.19. The number of nitro benzene ring substituents is 3. The number of non-ortho nitro benzene ring substituents is 3. The van der Waals surface area contributed by atoms with Gasteiger partial charge in [-0.1, -0.05) is 48.0 Å². The molecule has 0 aliphatic carbocycles. The summed E-state index contributed by atoms with van der Waals surface area (Å²) in [6, 6.07) is 32.3. The first-order valence-electron chi connectivity index (χ1n) is 20.2. The molecule has 66 heavy (non-hydrogen) atoms. The minimum atomic E-state index is -0.490. The van der Waals surface area contributed by atoms with Gasteiger partial charge in [0.2, 0.25) is 18.6 Å². The van der Waals surface area contributed by atoms with Crippen molar-refractivity contribution in [2.45, 2.75) is 32.5 Å². The summed E-state index contributed by atoms with van der Waals surface area (Å²) in [7, 11) is 1.58. The van der Waals surface area contributed by atoms with E-state index in [2.05, 4.69) is 10.2 Å². The highest BCUT2D eigenvalue weighted by Gasteiger charge is 2.20. The molecule has 0 radical (unpaired) electrons. The summed E-state index contributed by atoms with van der Waals surface area (Å²) in [6.07, 6.45) is 1.31. The number of benzene rings is 6. The van der Waals surface area contributed by atoms with Gasteiger partial charge in [0, 0.05) is 48.0 Å². The summed E-state index contributed by atoms with van der Waals surface area (Å²) >= 11 is 6.38. The third-order valence-corrected chi connectivity index (χ3v) is 10.8. The van der Waals surface area contributed by atoms with Crippen LogP contribution in [0.5, 0.6) is 29.0 Å². The van der Waals surface area contributed by atoms with E-state index in [-0.39, 0.29) is 48.7 Å². The lowest BCUT2D eigenvalue weighted by Gasteiger charge is -2.07. The molecule has 0 unspecified atom stereocenters. The van der Waals surface area contributed by atoms with E-state index in [1.165, 1.54) is 48.5 Å². The molecule has 0 saturated carbocycles. The van der Waals surface area contributed by atoms with Crippen LogP contribution in [0.4, 0.5) is 21.5 Å². The molecule has 18 nitrogen and oxygen atoms in total. The Hall–Kier alpha value is -8.32. The predicted molar refractivity (Wildman–Crippen MR) is 239 cm³/mol. The smallest absolute Gasteiger partial charge is 0.270 e. The van der Waals surface area contributed by atoms with Crippen molar-refractivity contribution < 1.29 is 42.8 Å². The van der Waals surface area contributed by atoms with E-state index in [0.29, 0.717) is 70.6 Å². The molecule has 6 aromatic carbocycles. The van der Waals surface area contributed by atoms with Crippen LogP contribution in [0, 0.1) is 36.2 Å². The van der Waals surface area contributed by atoms with Crippen molar-refractivity contribution >= 4 is 50.5 Å². The van der Waals surface area contributed by atoms with Gasteiger partial charge in [0.25, 0.3) is 17.1 Å². The van der Waals surface area contributed by atoms with Crippen LogP contribution in [0.15, 0.2) is 121 Å². The van der Waals surface area contributed by atoms with Gasteiger partial charge in [0.15, 0.2) is 11.5 Å². The van der Waals surface area contributed by atoms with E-state index in [0.717, 1.165) is 27.6 Å². The minimum absolute atomic E-state index is 0.0274. The van der Waals surface area contributed by atoms with Crippen molar-refractivity contribution in [3.8, 4) is 29.0 Å². The van der Waals surface area contributed by atoms with Crippen LogP contribution in [-0.4, -0.2) is 54.8 Å². The van der Waals surface area contributed by atoms with Crippen molar-refractivity contribution in [3.63, 3.8) is 0 Å². The maximum absolute atomic E-state index is 13.0. The Balaban J connectivity index is 0.000000179. The van der Waals surface area contributed by atoms with Crippen LogP contribution >= 0.6 is 11.6 Å². The first-order valence-corrected chi connectivity index (χ1v) is 20.5. The molecule has 0 amide bonds. The Labute approximate surface area is 378 Å². The number of aromatic nitrogens is 4. The van der Waals surface area contributed by atoms with Gasteiger partial charge in [-0.05, 0) is 72.0 Å². The van der Waals surface area contributed by atoms with Crippen LogP contribution in [0.2, 0.25) is 5.02 Å². The van der Waals surface area contributed by atoms with E-state index >= 15 is 0 Å². The van der Waals surface area contributed by atoms with Crippen LogP contribution in [0.25, 0.3) is 21.8 Å². The molecule has 0 fully saturated rings. The molecular weight excluding hydrogens is 881 g/mol. The van der Waals surface area contributed by atoms with Crippen molar-refractivity contribution in [1.82, 2.24) is 19.6 Å². The Bertz CT molecular complexity index is 3110. The largest absolute Gasteiger partial charge is 0.497 e. The number of rotatable bonds is 16. The van der Waals surface area contributed by atoms with Crippen LogP contribution in [0.1, 0.15) is 28.7 Å². The lowest BCUT2D eigenvalue weighted by molar-refractivity contribution is -0.385. The number of aryl methyl sites for hydroxylation is 1. The molecular formula is C46H37ClFN7O11. The second kappa shape index (κ2) is 19.6. The molecule has 0 N–H and O–H groups in total. The monoisotopic (exact) mass is 917 g/mol. The standard InChI is InChI=1S/C23H18ClN3O6.C23H19FN4O5/c1-30-17-5-6-20-18(9-17)23(25-26(20)11-14-3-2-4-16(7-14)27(28)29)31-12-15-8-21-22(10-19(15)24)33-13-32-21;24-18-8-6-16(7-9-18)4-2-12-33-23-21-14-20(28(31)32)10-11-22(21)26(25-23)15-17-3-1-5-19(13-17)27(29)30/h2-10H,11-13H2,1H3;1,3,5-11,13-14H,2,4,12,15H2. The van der Waals surface area contributed by atoms with Gasteiger partial charge in [-0.25, -0.2) is 4.39 Å². The SMILES string of the molecule is COc1ccc2c(c1)c(OCc1cc3c(cc1Cl)OCO3)nn2Cc1cccc([N+](=O)[O-])c1.O=[N+]([O-])c1cccc(Cn2nc(OCCCc3ccc(F)cc3)c3cc([N+](=O)[O-])ccc32)c1. The van der Waals surface area contributed by atoms with E-state index in [1.807, 2.05) is 24.3 Å². The Kier molecular flexibility index (Phi) is 13.2. The van der Waals surface area contributed by atoms with Crippen molar-refractivity contribution in [1.29, 1.82) is 0 Å². The molecule has 3 heterocycles. The lowest BCUT2D eigenvalue weighted by atomic mass is 10.1. The van der Waals surface area contributed by atoms with E-state index in [9.17, 15) is 34.7 Å². The number of nitro groups is 3. The van der Waals surface area contributed by atoms with Crippen LogP contribution < -0.4 is 23.7 Å². The summed E-state index contributed by atoms with van der Waals surface area (Å²) < 4.78 is 44.4. The molecule has 20 heteroatoms. The lowest BCUT2D eigenvalue weighted by Crippen LogP contribution is -2.04. The fourth-order valence-corrected chi connectivity index (χ4v) is 7.36. The van der Waals surface area contributed by atoms with Crippen molar-refractivity contribution in [2.24, 2.45) is 0 Å². The molecule has 0 atom stereocenters. The van der Waals surface area contributed by atoms with Gasteiger partial charge >= 0.3 is 0 Å². The van der Waals surface area contributed by atoms with Gasteiger partial charge in [0.1, 0.15) is 18.2 Å². The van der Waals surface area contributed by atoms with Crippen LogP contribution in [-0.2, 0) is 26.1 Å². The maximum atomic E-state index is 13.0. The number of nitrogens with zero attached hydrogens (tertiary/aromatic N) is 7. The average Bonchev–Trinajstić information content (AvgIpc) is 4.02. The number of hydrogen-bond donors (Lipinski definition) is 0. The van der Waals surface area contributed by atoms with E-state index < -0.39 is 14.8 Å². The highest BCUT2D eigenvalue weighted by atomic mass is 35.5. The first kappa shape index (κ1) is 44.3. The second-order valence-corrected chi connectivity index (χ2v) is 15.2. The quantitative estimate of drug-likeness (QED) is 0.0502. The first-order chi connectivity index (χ1) is 31.9. The van der Waals surface area contributed by atoms with Gasteiger partial charge in [-0.15, -0.1) is 10.2 Å². The topological polar surface area (TPSA) is 211 Å². The third kappa shape index (κ3) is 10.2. The fourth-order valence-electron chi connectivity index (χ4n) is 7.16. The number of hydrogen-bond acceptors (Lipinski definition) is 13. The number of methoxy groups -OCH3 is 1. The molecule has 0 spiro atoms. The molecule has 8 aromatic rings. The molecule has 0 saturated heterocycles. The zero-order valence-electron chi connectivity index (χ0n) is 34.9. The fraction of sp³-hybridized carbons (Fsp3) is 0.174. The van der Waals surface area contributed by atoms with Gasteiger partial charge in [-0.2, -0.15) is 0 Å². The molecule has 1 aliphatic rings. The summed E-state index contributed by atoms with van der Waals surface area (Å²) in [4.78, 5) is 32.1. The Morgan fingerprint density at radius 2 is 1.23 bits per heavy atom. The molecule has 0 bridgehead atoms. The van der Waals surface area contributed by atoms with E-state index in [1.54, 1.807) is 65.0 Å². The molecule has 1 aliphatic heterocycles. The van der Waals surface area contributed by atoms with Gasteiger partial charge in [-0.3, -0.25) is 39.7 Å². The predicted octanol–water partition coefficient (Wildman–Crippen LogP) is 10.0. The number of halogens is 2. The second-order valence-electron chi connectivity index (χ2n) is 14.8. The third-order valence-electron chi connectivity index (χ3n) is 10.4. The summed E-state index contributed by atoms with van der Waals surface area (Å²) in [5, 5.41) is 44.3. The highest BCUT2D eigenvalue weighted by Crippen LogP contribution is 2.38. The molecule has 2 aromatic heterocycles. The Morgan fingerprint density at radius 3 is 1.83 bits per heavy atom. The highest BCUT2D eigenvalue weighted by molar-refractivity contribution is 6.31. The molecule has 336 valence electrons.